The van der Waals surface area contributed by atoms with Crippen molar-refractivity contribution in [1.82, 2.24) is 0 Å². The smallest absolute Gasteiger partial charge is 0.327 e. The molecule has 0 aromatic heterocycles. The number of unbranched alkanes of at least 4 members (excludes halogenated alkanes) is 4. The third kappa shape index (κ3) is 11.6. The molecule has 0 aromatic carbocycles. The highest BCUT2D eigenvalue weighted by Crippen LogP contribution is 2.49. The van der Waals surface area contributed by atoms with Crippen LogP contribution in [-0.4, -0.2) is 15.4 Å². The molecule has 0 unspecified atom stereocenters. The topological polar surface area (TPSA) is 49.7 Å². The summed E-state index contributed by atoms with van der Waals surface area (Å²) >= 11 is 0. The zero-order valence-electron chi connectivity index (χ0n) is 18.0. The van der Waals surface area contributed by atoms with Gasteiger partial charge in [-0.2, -0.15) is 0 Å². The monoisotopic (exact) mass is 376 g/mol. The predicted octanol–water partition coefficient (Wildman–Crippen LogP) is 7.21. The second-order valence-electron chi connectivity index (χ2n) is 9.57. The van der Waals surface area contributed by atoms with Crippen molar-refractivity contribution < 1.29 is 14.3 Å². The van der Waals surface area contributed by atoms with Gasteiger partial charge in [-0.25, -0.2) is 0 Å². The lowest BCUT2D eigenvalue weighted by atomic mass is 9.70. The van der Waals surface area contributed by atoms with Gasteiger partial charge in [0.15, 0.2) is 0 Å². The van der Waals surface area contributed by atoms with E-state index < -0.39 is 14.2 Å². The van der Waals surface area contributed by atoms with Crippen LogP contribution in [0.25, 0.3) is 0 Å². The second-order valence-corrected chi connectivity index (χ2v) is 10.3. The van der Waals surface area contributed by atoms with Crippen LogP contribution in [0.15, 0.2) is 0 Å². The van der Waals surface area contributed by atoms with Crippen molar-refractivity contribution in [2.45, 2.75) is 118 Å². The van der Waals surface area contributed by atoms with Crippen LogP contribution >= 0.6 is 8.60 Å². The lowest BCUT2D eigenvalue weighted by Crippen LogP contribution is -2.44. The van der Waals surface area contributed by atoms with Crippen molar-refractivity contribution in [3.63, 3.8) is 0 Å². The lowest BCUT2D eigenvalue weighted by Gasteiger charge is -2.45. The zero-order chi connectivity index (χ0) is 19.5. The van der Waals surface area contributed by atoms with Crippen molar-refractivity contribution in [2.75, 3.05) is 0 Å². The van der Waals surface area contributed by atoms with E-state index in [0.29, 0.717) is 0 Å². The first-order valence-electron chi connectivity index (χ1n) is 10.4. The first-order chi connectivity index (χ1) is 11.5. The fourth-order valence-electron chi connectivity index (χ4n) is 3.54. The molecule has 4 heteroatoms. The molecule has 0 aliphatic rings. The Morgan fingerprint density at radius 3 is 1.40 bits per heavy atom. The van der Waals surface area contributed by atoms with E-state index in [1.807, 2.05) is 0 Å². The minimum Gasteiger partial charge on any atom is -0.328 e. The van der Waals surface area contributed by atoms with Gasteiger partial charge in [-0.3, -0.25) is 0 Å². The second kappa shape index (κ2) is 12.7. The molecule has 0 saturated heterocycles. The molecule has 0 aliphatic heterocycles. The highest BCUT2D eigenvalue weighted by Gasteiger charge is 2.43. The Morgan fingerprint density at radius 2 is 1.12 bits per heavy atom. The molecule has 0 bridgehead atoms. The SMILES string of the molecule is CC(C)CCCCCC(CCCCCC(C)C)(OP(O)O)C(C)(C)C. The van der Waals surface area contributed by atoms with Crippen molar-refractivity contribution in [2.24, 2.45) is 17.3 Å². The summed E-state index contributed by atoms with van der Waals surface area (Å²) in [6.45, 7) is 15.6. The molecule has 0 amide bonds. The molecule has 152 valence electrons. The minimum absolute atomic E-state index is 0.102. The third-order valence-electron chi connectivity index (χ3n) is 5.35. The van der Waals surface area contributed by atoms with E-state index in [4.69, 9.17) is 4.52 Å². The number of rotatable bonds is 14. The van der Waals surface area contributed by atoms with Gasteiger partial charge in [0, 0.05) is 0 Å². The van der Waals surface area contributed by atoms with E-state index in [1.54, 1.807) is 0 Å². The maximum Gasteiger partial charge on any atom is 0.327 e. The van der Waals surface area contributed by atoms with E-state index in [-0.39, 0.29) is 5.41 Å². The predicted molar refractivity (Wildman–Crippen MR) is 110 cm³/mol. The Hall–Kier alpha value is 0.310. The summed E-state index contributed by atoms with van der Waals surface area (Å²) in [7, 11) is -2.32. The normalized spacial score (nSPS) is 13.4. The third-order valence-corrected chi connectivity index (χ3v) is 5.86. The molecule has 3 nitrogen and oxygen atoms in total. The zero-order valence-corrected chi connectivity index (χ0v) is 18.9. The Kier molecular flexibility index (Phi) is 12.8. The Labute approximate surface area is 158 Å². The Morgan fingerprint density at radius 1 is 0.720 bits per heavy atom. The molecular weight excluding hydrogens is 331 g/mol. The summed E-state index contributed by atoms with van der Waals surface area (Å²) in [6.07, 6.45) is 11.5. The number of hydrogen-bond acceptors (Lipinski definition) is 3. The lowest BCUT2D eigenvalue weighted by molar-refractivity contribution is -0.0579. The fraction of sp³-hybridized carbons (Fsp3) is 1.00. The fourth-order valence-corrected chi connectivity index (χ4v) is 4.31. The van der Waals surface area contributed by atoms with Gasteiger partial charge in [0.05, 0.1) is 5.60 Å². The molecular formula is C21H45O3P. The van der Waals surface area contributed by atoms with Crippen LogP contribution in [0.4, 0.5) is 0 Å². The van der Waals surface area contributed by atoms with Crippen molar-refractivity contribution in [1.29, 1.82) is 0 Å². The molecule has 0 atom stereocenters. The molecule has 0 aromatic rings. The van der Waals surface area contributed by atoms with Gasteiger partial charge in [-0.1, -0.05) is 99.8 Å². The Balaban J connectivity index is 4.70. The molecule has 0 aliphatic carbocycles. The summed E-state index contributed by atoms with van der Waals surface area (Å²) in [5, 5.41) is 0. The van der Waals surface area contributed by atoms with E-state index in [2.05, 4.69) is 48.5 Å². The van der Waals surface area contributed by atoms with Crippen LogP contribution in [0.5, 0.6) is 0 Å². The quantitative estimate of drug-likeness (QED) is 0.249. The molecule has 0 saturated carbocycles. The minimum atomic E-state index is -2.32. The van der Waals surface area contributed by atoms with Crippen LogP contribution in [0, 0.1) is 17.3 Å². The molecule has 2 N–H and O–H groups in total. The van der Waals surface area contributed by atoms with Crippen molar-refractivity contribution >= 4 is 8.60 Å². The van der Waals surface area contributed by atoms with E-state index in [9.17, 15) is 9.79 Å². The first kappa shape index (κ1) is 25.3. The van der Waals surface area contributed by atoms with Gasteiger partial charge in [0.25, 0.3) is 0 Å². The summed E-state index contributed by atoms with van der Waals surface area (Å²) < 4.78 is 5.83. The molecule has 0 rings (SSSR count). The van der Waals surface area contributed by atoms with Gasteiger partial charge in [0.2, 0.25) is 0 Å². The Bertz CT molecular complexity index is 304. The first-order valence-corrected chi connectivity index (χ1v) is 11.5. The molecule has 0 spiro atoms. The van der Waals surface area contributed by atoms with Crippen LogP contribution in [0.1, 0.15) is 113 Å². The maximum atomic E-state index is 9.60. The highest BCUT2D eigenvalue weighted by molar-refractivity contribution is 7.39. The molecule has 0 radical (unpaired) electrons. The van der Waals surface area contributed by atoms with Gasteiger partial charge >= 0.3 is 8.60 Å². The van der Waals surface area contributed by atoms with Crippen molar-refractivity contribution in [3.05, 3.63) is 0 Å². The van der Waals surface area contributed by atoms with Crippen molar-refractivity contribution in [3.8, 4) is 0 Å². The van der Waals surface area contributed by atoms with Crippen LogP contribution < -0.4 is 0 Å². The maximum absolute atomic E-state index is 9.60. The standard InChI is InChI=1S/C21H45O3P/c1-18(2)14-10-8-12-16-21(20(5,6)7,24-25(22)23)17-13-9-11-15-19(3)4/h18-19,22-23H,8-17H2,1-7H3. The largest absolute Gasteiger partial charge is 0.328 e. The van der Waals surface area contributed by atoms with Crippen LogP contribution in [-0.2, 0) is 4.52 Å². The van der Waals surface area contributed by atoms with E-state index in [1.165, 1.54) is 38.5 Å². The average molecular weight is 377 g/mol. The highest BCUT2D eigenvalue weighted by atomic mass is 31.2. The van der Waals surface area contributed by atoms with Gasteiger partial charge in [-0.15, -0.1) is 0 Å². The van der Waals surface area contributed by atoms with E-state index >= 15 is 0 Å². The summed E-state index contributed by atoms with van der Waals surface area (Å²) in [6, 6.07) is 0. The number of hydrogen-bond donors (Lipinski definition) is 2. The molecule has 25 heavy (non-hydrogen) atoms. The summed E-state index contributed by atoms with van der Waals surface area (Å²) in [5.74, 6) is 1.51. The van der Waals surface area contributed by atoms with Crippen LogP contribution in [0.3, 0.4) is 0 Å². The van der Waals surface area contributed by atoms with E-state index in [0.717, 1.165) is 37.5 Å². The molecule has 0 heterocycles. The van der Waals surface area contributed by atoms with Crippen LogP contribution in [0.2, 0.25) is 0 Å². The van der Waals surface area contributed by atoms with Gasteiger partial charge < -0.3 is 14.3 Å². The molecule has 0 fully saturated rings. The summed E-state index contributed by atoms with van der Waals surface area (Å²) in [5.41, 5.74) is -0.535. The average Bonchev–Trinajstić information content (AvgIpc) is 2.43. The van der Waals surface area contributed by atoms with Gasteiger partial charge in [0.1, 0.15) is 0 Å². The summed E-state index contributed by atoms with van der Waals surface area (Å²) in [4.78, 5) is 19.2. The van der Waals surface area contributed by atoms with Gasteiger partial charge in [-0.05, 0) is 30.1 Å².